The highest BCUT2D eigenvalue weighted by molar-refractivity contribution is 5.90. The molecule has 0 aliphatic heterocycles. The lowest BCUT2D eigenvalue weighted by molar-refractivity contribution is -0.117. The fourth-order valence-electron chi connectivity index (χ4n) is 2.60. The summed E-state index contributed by atoms with van der Waals surface area (Å²) in [6.07, 6.45) is 0. The van der Waals surface area contributed by atoms with Crippen LogP contribution in [-0.4, -0.2) is 26.1 Å². The van der Waals surface area contributed by atoms with Crippen LogP contribution in [0.4, 0.5) is 21.5 Å². The summed E-state index contributed by atoms with van der Waals surface area (Å²) in [6, 6.07) is 22.2. The molecule has 8 nitrogen and oxygen atoms in total. The quantitative estimate of drug-likeness (QED) is 0.480. The Hall–Kier alpha value is -4.27. The van der Waals surface area contributed by atoms with Crippen LogP contribution in [0.1, 0.15) is 0 Å². The maximum atomic E-state index is 13.3. The number of aromatic nitrogens is 4. The van der Waals surface area contributed by atoms with E-state index in [9.17, 15) is 9.18 Å². The SMILES string of the molecule is O=C(Cn1nnc(-c2cccc(F)c2)n1)Nc1ccc(N=Nc2ccccc2)cc1. The minimum atomic E-state index is -0.395. The van der Waals surface area contributed by atoms with E-state index in [1.807, 2.05) is 30.3 Å². The van der Waals surface area contributed by atoms with Crippen molar-refractivity contribution in [1.82, 2.24) is 20.2 Å². The number of hydrogen-bond acceptors (Lipinski definition) is 6. The maximum absolute atomic E-state index is 13.3. The Balaban J connectivity index is 1.35. The highest BCUT2D eigenvalue weighted by Gasteiger charge is 2.10. The molecule has 0 aliphatic rings. The Bertz CT molecular complexity index is 1170. The summed E-state index contributed by atoms with van der Waals surface area (Å²) in [5.74, 6) is -0.472. The van der Waals surface area contributed by atoms with Gasteiger partial charge in [-0.05, 0) is 53.7 Å². The molecule has 0 aliphatic carbocycles. The fraction of sp³-hybridized carbons (Fsp3) is 0.0476. The minimum Gasteiger partial charge on any atom is -0.324 e. The van der Waals surface area contributed by atoms with Crippen LogP contribution in [0, 0.1) is 5.82 Å². The van der Waals surface area contributed by atoms with Crippen LogP contribution < -0.4 is 5.32 Å². The Morgan fingerprint density at radius 2 is 1.67 bits per heavy atom. The number of amides is 1. The Morgan fingerprint density at radius 1 is 0.933 bits per heavy atom. The van der Waals surface area contributed by atoms with Gasteiger partial charge >= 0.3 is 0 Å². The molecule has 1 heterocycles. The molecular weight excluding hydrogens is 385 g/mol. The van der Waals surface area contributed by atoms with Gasteiger partial charge in [-0.25, -0.2) is 4.39 Å². The average molecular weight is 401 g/mol. The van der Waals surface area contributed by atoms with Gasteiger partial charge in [0.2, 0.25) is 11.7 Å². The van der Waals surface area contributed by atoms with E-state index in [0.717, 1.165) is 10.5 Å². The third-order valence-corrected chi connectivity index (χ3v) is 4.01. The minimum absolute atomic E-state index is 0.127. The molecule has 3 aromatic carbocycles. The molecule has 4 aromatic rings. The summed E-state index contributed by atoms with van der Waals surface area (Å²) in [7, 11) is 0. The first-order valence-corrected chi connectivity index (χ1v) is 9.06. The van der Waals surface area contributed by atoms with E-state index in [4.69, 9.17) is 0 Å². The van der Waals surface area contributed by atoms with Crippen molar-refractivity contribution in [3.8, 4) is 11.4 Å². The molecule has 0 radical (unpaired) electrons. The summed E-state index contributed by atoms with van der Waals surface area (Å²) in [4.78, 5) is 13.4. The van der Waals surface area contributed by atoms with Gasteiger partial charge in [-0.15, -0.1) is 10.2 Å². The van der Waals surface area contributed by atoms with Crippen molar-refractivity contribution >= 4 is 23.0 Å². The van der Waals surface area contributed by atoms with Crippen molar-refractivity contribution in [2.45, 2.75) is 6.54 Å². The van der Waals surface area contributed by atoms with Crippen LogP contribution in [0.3, 0.4) is 0 Å². The van der Waals surface area contributed by atoms with Crippen LogP contribution >= 0.6 is 0 Å². The van der Waals surface area contributed by atoms with Gasteiger partial charge in [0, 0.05) is 11.3 Å². The van der Waals surface area contributed by atoms with Crippen LogP contribution in [0.25, 0.3) is 11.4 Å². The lowest BCUT2D eigenvalue weighted by atomic mass is 10.2. The van der Waals surface area contributed by atoms with Crippen molar-refractivity contribution in [1.29, 1.82) is 0 Å². The highest BCUT2D eigenvalue weighted by Crippen LogP contribution is 2.20. The number of nitrogens with one attached hydrogen (secondary N) is 1. The first kappa shape index (κ1) is 19.1. The summed E-state index contributed by atoms with van der Waals surface area (Å²) in [5.41, 5.74) is 2.51. The summed E-state index contributed by atoms with van der Waals surface area (Å²) in [6.45, 7) is -0.127. The van der Waals surface area contributed by atoms with Crippen molar-refractivity contribution in [3.63, 3.8) is 0 Å². The van der Waals surface area contributed by atoms with E-state index in [2.05, 4.69) is 31.0 Å². The van der Waals surface area contributed by atoms with E-state index in [1.165, 1.54) is 12.1 Å². The Kier molecular flexibility index (Phi) is 5.61. The number of halogens is 1. The van der Waals surface area contributed by atoms with Gasteiger partial charge in [0.1, 0.15) is 12.4 Å². The molecule has 148 valence electrons. The molecule has 1 amide bonds. The zero-order valence-electron chi connectivity index (χ0n) is 15.7. The first-order chi connectivity index (χ1) is 14.7. The number of azo groups is 1. The molecule has 30 heavy (non-hydrogen) atoms. The molecule has 0 spiro atoms. The lowest BCUT2D eigenvalue weighted by Crippen LogP contribution is -2.20. The van der Waals surface area contributed by atoms with Gasteiger partial charge < -0.3 is 5.32 Å². The van der Waals surface area contributed by atoms with Crippen molar-refractivity contribution in [2.75, 3.05) is 5.32 Å². The Morgan fingerprint density at radius 3 is 2.40 bits per heavy atom. The zero-order chi connectivity index (χ0) is 20.8. The molecular formula is C21H16FN7O. The van der Waals surface area contributed by atoms with Crippen molar-refractivity contribution in [2.24, 2.45) is 10.2 Å². The molecule has 0 saturated carbocycles. The predicted molar refractivity (Wildman–Crippen MR) is 109 cm³/mol. The molecule has 1 aromatic heterocycles. The number of tetrazole rings is 1. The van der Waals surface area contributed by atoms with Crippen LogP contribution in [0.15, 0.2) is 89.1 Å². The van der Waals surface area contributed by atoms with Crippen molar-refractivity contribution in [3.05, 3.63) is 84.7 Å². The van der Waals surface area contributed by atoms with Gasteiger partial charge in [0.05, 0.1) is 11.4 Å². The number of carbonyl (C=O) groups excluding carboxylic acids is 1. The Labute approximate surface area is 171 Å². The van der Waals surface area contributed by atoms with Gasteiger partial charge in [-0.2, -0.15) is 15.0 Å². The second-order valence-electron chi connectivity index (χ2n) is 6.28. The normalized spacial score (nSPS) is 11.0. The van der Waals surface area contributed by atoms with Crippen LogP contribution in [0.2, 0.25) is 0 Å². The number of carbonyl (C=O) groups is 1. The molecule has 9 heteroatoms. The van der Waals surface area contributed by atoms with Gasteiger partial charge in [0.15, 0.2) is 0 Å². The molecule has 0 atom stereocenters. The van der Waals surface area contributed by atoms with E-state index in [-0.39, 0.29) is 18.3 Å². The first-order valence-electron chi connectivity index (χ1n) is 9.06. The van der Waals surface area contributed by atoms with Crippen molar-refractivity contribution < 1.29 is 9.18 Å². The summed E-state index contributed by atoms with van der Waals surface area (Å²) >= 11 is 0. The molecule has 0 fully saturated rings. The number of rotatable bonds is 6. The second-order valence-corrected chi connectivity index (χ2v) is 6.28. The molecule has 0 bridgehead atoms. The number of benzene rings is 3. The smallest absolute Gasteiger partial charge is 0.248 e. The van der Waals surface area contributed by atoms with E-state index in [0.29, 0.717) is 16.9 Å². The standard InChI is InChI=1S/C21H16FN7O/c22-16-6-4-5-15(13-16)21-26-28-29(27-21)14-20(30)23-17-9-11-19(12-10-17)25-24-18-7-2-1-3-8-18/h1-13H,14H2,(H,23,30). The second kappa shape index (κ2) is 8.82. The zero-order valence-corrected chi connectivity index (χ0v) is 15.7. The number of nitrogens with zero attached hydrogens (tertiary/aromatic N) is 6. The van der Waals surface area contributed by atoms with Gasteiger partial charge in [0.25, 0.3) is 0 Å². The maximum Gasteiger partial charge on any atom is 0.248 e. The third-order valence-electron chi connectivity index (χ3n) is 4.01. The molecule has 4 rings (SSSR count). The number of hydrogen-bond donors (Lipinski definition) is 1. The summed E-state index contributed by atoms with van der Waals surface area (Å²) in [5, 5.41) is 22.9. The highest BCUT2D eigenvalue weighted by atomic mass is 19.1. The van der Waals surface area contributed by atoms with Gasteiger partial charge in [-0.1, -0.05) is 30.3 Å². The number of anilines is 1. The van der Waals surface area contributed by atoms with Crippen LogP contribution in [-0.2, 0) is 11.3 Å². The molecule has 1 N–H and O–H groups in total. The van der Waals surface area contributed by atoms with E-state index >= 15 is 0 Å². The molecule has 0 unspecified atom stereocenters. The van der Waals surface area contributed by atoms with E-state index in [1.54, 1.807) is 36.4 Å². The van der Waals surface area contributed by atoms with Crippen LogP contribution in [0.5, 0.6) is 0 Å². The van der Waals surface area contributed by atoms with E-state index < -0.39 is 5.82 Å². The summed E-state index contributed by atoms with van der Waals surface area (Å²) < 4.78 is 13.3. The predicted octanol–water partition coefficient (Wildman–Crippen LogP) is 4.53. The topological polar surface area (TPSA) is 97.4 Å². The average Bonchev–Trinajstić information content (AvgIpc) is 3.22. The third kappa shape index (κ3) is 4.96. The monoisotopic (exact) mass is 401 g/mol. The van der Waals surface area contributed by atoms with Gasteiger partial charge in [-0.3, -0.25) is 4.79 Å². The fourth-order valence-corrected chi connectivity index (χ4v) is 2.60. The lowest BCUT2D eigenvalue weighted by Gasteiger charge is -2.04. The largest absolute Gasteiger partial charge is 0.324 e. The molecule has 0 saturated heterocycles.